The number of hydrogen-bond acceptors (Lipinski definition) is 4. The summed E-state index contributed by atoms with van der Waals surface area (Å²) >= 11 is 1.94. The van der Waals surface area contributed by atoms with Gasteiger partial charge in [-0.05, 0) is 52.2 Å². The number of nitrogens with zero attached hydrogens (tertiary/aromatic N) is 1. The molecule has 0 aliphatic heterocycles. The van der Waals surface area contributed by atoms with Crippen molar-refractivity contribution in [3.8, 4) is 0 Å². The molecule has 1 amide bonds. The summed E-state index contributed by atoms with van der Waals surface area (Å²) in [5, 5.41) is 10.5. The van der Waals surface area contributed by atoms with Gasteiger partial charge in [-0.3, -0.25) is 4.99 Å². The predicted octanol–water partition coefficient (Wildman–Crippen LogP) is 3.60. The molecule has 26 heavy (non-hydrogen) atoms. The van der Waals surface area contributed by atoms with E-state index >= 15 is 0 Å². The number of carbonyl (C=O) groups excluding carboxylic acids is 1. The zero-order chi connectivity index (χ0) is 19.0. The number of ether oxygens (including phenoxy) is 1. The Morgan fingerprint density at radius 3 is 2.42 bits per heavy atom. The van der Waals surface area contributed by atoms with Crippen LogP contribution in [-0.4, -0.2) is 54.8 Å². The molecule has 1 aliphatic rings. The maximum Gasteiger partial charge on any atom is 0.407 e. The largest absolute Gasteiger partial charge is 0.444 e. The molecule has 8 heteroatoms. The van der Waals surface area contributed by atoms with Crippen molar-refractivity contribution in [1.29, 1.82) is 0 Å². The van der Waals surface area contributed by atoms with Crippen molar-refractivity contribution in [2.75, 3.05) is 19.8 Å². The highest BCUT2D eigenvalue weighted by Crippen LogP contribution is 2.27. The molecule has 0 radical (unpaired) electrons. The number of amides is 1. The van der Waals surface area contributed by atoms with Gasteiger partial charge in [-0.2, -0.15) is 11.8 Å². The monoisotopic (exact) mass is 500 g/mol. The fourth-order valence-electron chi connectivity index (χ4n) is 2.79. The molecule has 0 aromatic heterocycles. The number of carbonyl (C=O) groups is 1. The van der Waals surface area contributed by atoms with Gasteiger partial charge in [-0.25, -0.2) is 4.79 Å². The van der Waals surface area contributed by atoms with Crippen molar-refractivity contribution in [1.82, 2.24) is 16.0 Å². The first kappa shape index (κ1) is 25.6. The molecule has 154 valence electrons. The van der Waals surface area contributed by atoms with E-state index in [2.05, 4.69) is 41.0 Å². The Labute approximate surface area is 180 Å². The van der Waals surface area contributed by atoms with Gasteiger partial charge in [0.1, 0.15) is 5.60 Å². The number of aliphatic imine (C=N–C) groups is 1. The summed E-state index contributed by atoms with van der Waals surface area (Å²) in [6.07, 6.45) is 5.40. The van der Waals surface area contributed by atoms with Crippen molar-refractivity contribution in [2.24, 2.45) is 10.9 Å². The summed E-state index contributed by atoms with van der Waals surface area (Å²) in [6, 6.07) is 0.441. The van der Waals surface area contributed by atoms with Crippen molar-refractivity contribution >= 4 is 47.8 Å². The highest BCUT2D eigenvalue weighted by Gasteiger charge is 2.25. The van der Waals surface area contributed by atoms with E-state index in [9.17, 15) is 4.79 Å². The minimum Gasteiger partial charge on any atom is -0.444 e. The van der Waals surface area contributed by atoms with Gasteiger partial charge < -0.3 is 20.7 Å². The Morgan fingerprint density at radius 1 is 1.31 bits per heavy atom. The Morgan fingerprint density at radius 2 is 1.96 bits per heavy atom. The standard InChI is InChI=1S/C18H36N4O2S.HI/c1-12(2)15(22-17(23)24-18(3,4)5)11-20-16(19-6)21-13-8-9-14(10-13)25-7;/h12-15H,8-11H2,1-7H3,(H,22,23)(H2,19,20,21);1H. The normalized spacial score (nSPS) is 21.8. The van der Waals surface area contributed by atoms with E-state index in [1.54, 1.807) is 7.05 Å². The van der Waals surface area contributed by atoms with Crippen LogP contribution >= 0.6 is 35.7 Å². The number of thioether (sulfide) groups is 1. The third-order valence-electron chi connectivity index (χ3n) is 4.28. The minimum atomic E-state index is -0.493. The Kier molecular flexibility index (Phi) is 12.0. The average Bonchev–Trinajstić information content (AvgIpc) is 2.95. The van der Waals surface area contributed by atoms with Crippen LogP contribution in [0.15, 0.2) is 4.99 Å². The molecule has 1 fully saturated rings. The summed E-state index contributed by atoms with van der Waals surface area (Å²) in [7, 11) is 1.78. The average molecular weight is 500 g/mol. The molecule has 0 aromatic carbocycles. The van der Waals surface area contributed by atoms with E-state index in [0.717, 1.165) is 11.2 Å². The second kappa shape index (κ2) is 12.2. The molecule has 0 saturated heterocycles. The van der Waals surface area contributed by atoms with Gasteiger partial charge >= 0.3 is 6.09 Å². The smallest absolute Gasteiger partial charge is 0.407 e. The van der Waals surface area contributed by atoms with Gasteiger partial charge in [0.05, 0.1) is 6.04 Å². The predicted molar refractivity (Wildman–Crippen MR) is 123 cm³/mol. The summed E-state index contributed by atoms with van der Waals surface area (Å²) in [5.74, 6) is 1.08. The summed E-state index contributed by atoms with van der Waals surface area (Å²) in [4.78, 5) is 16.3. The van der Waals surface area contributed by atoms with Gasteiger partial charge in [0.2, 0.25) is 0 Å². The SMILES string of the molecule is CN=C(NCC(NC(=O)OC(C)(C)C)C(C)C)NC1CCC(SC)C1.I. The van der Waals surface area contributed by atoms with Gasteiger partial charge in [0, 0.05) is 24.9 Å². The van der Waals surface area contributed by atoms with Crippen LogP contribution in [0.4, 0.5) is 4.79 Å². The molecule has 0 spiro atoms. The first-order valence-electron chi connectivity index (χ1n) is 9.14. The van der Waals surface area contributed by atoms with E-state index in [-0.39, 0.29) is 42.0 Å². The van der Waals surface area contributed by atoms with Gasteiger partial charge in [0.25, 0.3) is 0 Å². The summed E-state index contributed by atoms with van der Waals surface area (Å²) < 4.78 is 5.36. The minimum absolute atomic E-state index is 0. The van der Waals surface area contributed by atoms with E-state index in [1.165, 1.54) is 19.3 Å². The van der Waals surface area contributed by atoms with Crippen LogP contribution in [0.3, 0.4) is 0 Å². The first-order chi connectivity index (χ1) is 11.6. The van der Waals surface area contributed by atoms with E-state index < -0.39 is 5.60 Å². The molecule has 3 atom stereocenters. The van der Waals surface area contributed by atoms with Crippen LogP contribution in [0.2, 0.25) is 0 Å². The molecule has 0 bridgehead atoms. The zero-order valence-electron chi connectivity index (χ0n) is 17.2. The fourth-order valence-corrected chi connectivity index (χ4v) is 3.59. The highest BCUT2D eigenvalue weighted by atomic mass is 127. The second-order valence-electron chi connectivity index (χ2n) is 7.96. The van der Waals surface area contributed by atoms with E-state index in [0.29, 0.717) is 12.6 Å². The van der Waals surface area contributed by atoms with Gasteiger partial charge in [0.15, 0.2) is 5.96 Å². The van der Waals surface area contributed by atoms with E-state index in [4.69, 9.17) is 4.74 Å². The first-order valence-corrected chi connectivity index (χ1v) is 10.4. The molecule has 3 unspecified atom stereocenters. The van der Waals surface area contributed by atoms with Crippen molar-refractivity contribution in [2.45, 2.75) is 76.8 Å². The molecular weight excluding hydrogens is 463 g/mol. The Hall–Kier alpha value is -0.380. The van der Waals surface area contributed by atoms with Crippen LogP contribution in [0.1, 0.15) is 53.9 Å². The van der Waals surface area contributed by atoms with Crippen LogP contribution in [-0.2, 0) is 4.74 Å². The third-order valence-corrected chi connectivity index (χ3v) is 5.37. The molecular formula is C18H37IN4O2S. The lowest BCUT2D eigenvalue weighted by atomic mass is 10.0. The van der Waals surface area contributed by atoms with Gasteiger partial charge in [-0.1, -0.05) is 13.8 Å². The van der Waals surface area contributed by atoms with Crippen LogP contribution in [0.25, 0.3) is 0 Å². The molecule has 3 N–H and O–H groups in total. The zero-order valence-corrected chi connectivity index (χ0v) is 20.4. The van der Waals surface area contributed by atoms with Crippen LogP contribution in [0, 0.1) is 5.92 Å². The summed E-state index contributed by atoms with van der Waals surface area (Å²) in [5.41, 5.74) is -0.493. The second-order valence-corrected chi connectivity index (χ2v) is 9.10. The maximum absolute atomic E-state index is 12.0. The molecule has 1 saturated carbocycles. The highest BCUT2D eigenvalue weighted by molar-refractivity contribution is 14.0. The molecule has 6 nitrogen and oxygen atoms in total. The maximum atomic E-state index is 12.0. The molecule has 1 aliphatic carbocycles. The topological polar surface area (TPSA) is 74.8 Å². The number of halogens is 1. The van der Waals surface area contributed by atoms with Gasteiger partial charge in [-0.15, -0.1) is 24.0 Å². The van der Waals surface area contributed by atoms with Crippen molar-refractivity contribution in [3.63, 3.8) is 0 Å². The lowest BCUT2D eigenvalue weighted by Crippen LogP contribution is -2.51. The number of hydrogen-bond donors (Lipinski definition) is 3. The third kappa shape index (κ3) is 10.1. The van der Waals surface area contributed by atoms with Crippen LogP contribution in [0.5, 0.6) is 0 Å². The molecule has 0 heterocycles. The van der Waals surface area contributed by atoms with Crippen molar-refractivity contribution in [3.05, 3.63) is 0 Å². The quantitative estimate of drug-likeness (QED) is 0.295. The number of guanidine groups is 1. The number of alkyl carbamates (subject to hydrolysis) is 1. The Balaban J connectivity index is 0.00000625. The molecule has 0 aromatic rings. The number of nitrogens with one attached hydrogen (secondary N) is 3. The Bertz CT molecular complexity index is 455. The fraction of sp³-hybridized carbons (Fsp3) is 0.889. The summed E-state index contributed by atoms with van der Waals surface area (Å²) in [6.45, 7) is 10.4. The van der Waals surface area contributed by atoms with Crippen molar-refractivity contribution < 1.29 is 9.53 Å². The van der Waals surface area contributed by atoms with Crippen LogP contribution < -0.4 is 16.0 Å². The lowest BCUT2D eigenvalue weighted by molar-refractivity contribution is 0.0491. The molecule has 1 rings (SSSR count). The number of rotatable bonds is 6. The lowest BCUT2D eigenvalue weighted by Gasteiger charge is -2.27. The van der Waals surface area contributed by atoms with E-state index in [1.807, 2.05) is 32.5 Å².